The molecule has 1 atom stereocenters. The molecule has 5 heteroatoms. The maximum absolute atomic E-state index is 12.9. The fraction of sp³-hybridized carbons (Fsp3) is 0.474. The Morgan fingerprint density at radius 2 is 1.88 bits per heavy atom. The Kier molecular flexibility index (Phi) is 7.62. The molecule has 1 aromatic rings. The van der Waals surface area contributed by atoms with Crippen LogP contribution in [0.4, 0.5) is 9.18 Å². The first-order valence-electron chi connectivity index (χ1n) is 8.14. The highest BCUT2D eigenvalue weighted by Gasteiger charge is 2.18. The van der Waals surface area contributed by atoms with Crippen LogP contribution in [0.25, 0.3) is 0 Å². The number of rotatable bonds is 7. The van der Waals surface area contributed by atoms with E-state index in [1.54, 1.807) is 39.0 Å². The first-order chi connectivity index (χ1) is 11.2. The average Bonchev–Trinajstić information content (AvgIpc) is 2.45. The molecule has 1 rings (SSSR count). The van der Waals surface area contributed by atoms with Crippen molar-refractivity contribution in [3.8, 4) is 0 Å². The van der Waals surface area contributed by atoms with Crippen LogP contribution in [0.15, 0.2) is 36.4 Å². The minimum Gasteiger partial charge on any atom is -0.444 e. The van der Waals surface area contributed by atoms with Gasteiger partial charge in [0.05, 0.1) is 6.04 Å². The van der Waals surface area contributed by atoms with Crippen molar-refractivity contribution >= 4 is 11.9 Å². The summed E-state index contributed by atoms with van der Waals surface area (Å²) in [7, 11) is 0. The molecule has 0 aromatic heterocycles. The van der Waals surface area contributed by atoms with E-state index in [-0.39, 0.29) is 24.1 Å². The number of carbonyl (C=O) groups excluding carboxylic acids is 2. The molecule has 0 radical (unpaired) electrons. The molecule has 0 aliphatic rings. The van der Waals surface area contributed by atoms with Crippen LogP contribution in [0.1, 0.15) is 46.1 Å². The van der Waals surface area contributed by atoms with Crippen LogP contribution >= 0.6 is 0 Å². The molecule has 0 saturated carbocycles. The lowest BCUT2D eigenvalue weighted by atomic mass is 10.1. The van der Waals surface area contributed by atoms with Crippen LogP contribution in [-0.2, 0) is 16.0 Å². The fourth-order valence-corrected chi connectivity index (χ4v) is 2.07. The number of halogens is 1. The summed E-state index contributed by atoms with van der Waals surface area (Å²) in [5.74, 6) is -0.431. The van der Waals surface area contributed by atoms with Crippen molar-refractivity contribution in [2.24, 2.45) is 0 Å². The molecule has 0 unspecified atom stereocenters. The summed E-state index contributed by atoms with van der Waals surface area (Å²) in [6, 6.07) is 5.57. The number of alkyl carbamates (subject to hydrolysis) is 1. The number of hydrogen-bond donors (Lipinski definition) is 1. The SMILES string of the molecule is CCC[C@H](/C=C/C(=O)Cc1ccc(F)cc1)NC(=O)OC(C)(C)C. The van der Waals surface area contributed by atoms with Crippen molar-refractivity contribution in [1.29, 1.82) is 0 Å². The molecule has 1 amide bonds. The largest absolute Gasteiger partial charge is 0.444 e. The van der Waals surface area contributed by atoms with Gasteiger partial charge in [0.1, 0.15) is 11.4 Å². The second-order valence-electron chi connectivity index (χ2n) is 6.67. The summed E-state index contributed by atoms with van der Waals surface area (Å²) in [6.45, 7) is 7.38. The Balaban J connectivity index is 2.59. The Morgan fingerprint density at radius 3 is 2.42 bits per heavy atom. The van der Waals surface area contributed by atoms with E-state index in [1.165, 1.54) is 18.2 Å². The molecule has 0 spiro atoms. The summed E-state index contributed by atoms with van der Waals surface area (Å²) < 4.78 is 18.1. The number of benzene rings is 1. The van der Waals surface area contributed by atoms with Crippen molar-refractivity contribution in [2.75, 3.05) is 0 Å². The predicted octanol–water partition coefficient (Wildman–Crippen LogP) is 4.19. The number of carbonyl (C=O) groups is 2. The van der Waals surface area contributed by atoms with Gasteiger partial charge in [-0.05, 0) is 51.0 Å². The van der Waals surface area contributed by atoms with Crippen molar-refractivity contribution in [2.45, 2.75) is 58.6 Å². The summed E-state index contributed by atoms with van der Waals surface area (Å²) in [6.07, 6.45) is 4.40. The van der Waals surface area contributed by atoms with Gasteiger partial charge in [-0.2, -0.15) is 0 Å². The molecule has 1 N–H and O–H groups in total. The normalized spacial score (nSPS) is 12.9. The third-order valence-corrected chi connectivity index (χ3v) is 3.11. The lowest BCUT2D eigenvalue weighted by Crippen LogP contribution is -2.38. The molecule has 0 aliphatic carbocycles. The maximum atomic E-state index is 12.9. The van der Waals surface area contributed by atoms with Crippen LogP contribution < -0.4 is 5.32 Å². The van der Waals surface area contributed by atoms with Crippen LogP contribution in [0.2, 0.25) is 0 Å². The van der Waals surface area contributed by atoms with Crippen molar-refractivity contribution in [1.82, 2.24) is 5.32 Å². The van der Waals surface area contributed by atoms with Gasteiger partial charge in [0.25, 0.3) is 0 Å². The predicted molar refractivity (Wildman–Crippen MR) is 92.3 cm³/mol. The molecule has 4 nitrogen and oxygen atoms in total. The van der Waals surface area contributed by atoms with Gasteiger partial charge in [0.2, 0.25) is 0 Å². The zero-order valence-corrected chi connectivity index (χ0v) is 14.8. The highest BCUT2D eigenvalue weighted by Crippen LogP contribution is 2.09. The number of nitrogens with one attached hydrogen (secondary N) is 1. The van der Waals surface area contributed by atoms with Crippen LogP contribution in [-0.4, -0.2) is 23.5 Å². The third-order valence-electron chi connectivity index (χ3n) is 3.11. The van der Waals surface area contributed by atoms with Gasteiger partial charge in [0, 0.05) is 6.42 Å². The third kappa shape index (κ3) is 8.46. The number of ether oxygens (including phenoxy) is 1. The van der Waals surface area contributed by atoms with E-state index in [1.807, 2.05) is 6.92 Å². The van der Waals surface area contributed by atoms with Gasteiger partial charge < -0.3 is 10.1 Å². The lowest BCUT2D eigenvalue weighted by Gasteiger charge is -2.22. The first kappa shape index (κ1) is 19.9. The quantitative estimate of drug-likeness (QED) is 0.760. The monoisotopic (exact) mass is 335 g/mol. The average molecular weight is 335 g/mol. The standard InChI is InChI=1S/C19H26FNO3/c1-5-6-16(21-18(23)24-19(2,3)4)11-12-17(22)13-14-7-9-15(20)10-8-14/h7-12,16H,5-6,13H2,1-4H3,(H,21,23)/b12-11+/t16-/m1/s1. The molecule has 1 aromatic carbocycles. The molecule has 0 bridgehead atoms. The van der Waals surface area contributed by atoms with Crippen molar-refractivity contribution < 1.29 is 18.7 Å². The van der Waals surface area contributed by atoms with Gasteiger partial charge in [0.15, 0.2) is 5.78 Å². The second-order valence-corrected chi connectivity index (χ2v) is 6.67. The minimum absolute atomic E-state index is 0.103. The Hall–Kier alpha value is -2.17. The van der Waals surface area contributed by atoms with Crippen molar-refractivity contribution in [3.05, 3.63) is 47.8 Å². The van der Waals surface area contributed by atoms with Gasteiger partial charge in [-0.1, -0.05) is 31.6 Å². The van der Waals surface area contributed by atoms with E-state index in [0.29, 0.717) is 6.42 Å². The lowest BCUT2D eigenvalue weighted by molar-refractivity contribution is -0.114. The van der Waals surface area contributed by atoms with E-state index >= 15 is 0 Å². The Bertz CT molecular complexity index is 573. The molecular weight excluding hydrogens is 309 g/mol. The molecule has 0 saturated heterocycles. The van der Waals surface area contributed by atoms with Crippen LogP contribution in [0.5, 0.6) is 0 Å². The number of amides is 1. The van der Waals surface area contributed by atoms with Gasteiger partial charge >= 0.3 is 6.09 Å². The number of hydrogen-bond acceptors (Lipinski definition) is 3. The highest BCUT2D eigenvalue weighted by atomic mass is 19.1. The molecule has 0 fully saturated rings. The Morgan fingerprint density at radius 1 is 1.25 bits per heavy atom. The van der Waals surface area contributed by atoms with Crippen LogP contribution in [0, 0.1) is 5.82 Å². The minimum atomic E-state index is -0.567. The van der Waals surface area contributed by atoms with E-state index in [2.05, 4.69) is 5.32 Å². The molecule has 24 heavy (non-hydrogen) atoms. The molecular formula is C19H26FNO3. The van der Waals surface area contributed by atoms with Crippen molar-refractivity contribution in [3.63, 3.8) is 0 Å². The van der Waals surface area contributed by atoms with E-state index in [9.17, 15) is 14.0 Å². The second kappa shape index (κ2) is 9.21. The van der Waals surface area contributed by atoms with Crippen LogP contribution in [0.3, 0.4) is 0 Å². The number of allylic oxidation sites excluding steroid dienone is 1. The molecule has 0 heterocycles. The Labute approximate surface area is 143 Å². The van der Waals surface area contributed by atoms with Gasteiger partial charge in [-0.15, -0.1) is 0 Å². The molecule has 132 valence electrons. The van der Waals surface area contributed by atoms with Gasteiger partial charge in [-0.3, -0.25) is 4.79 Å². The highest BCUT2D eigenvalue weighted by molar-refractivity contribution is 5.91. The summed E-state index contributed by atoms with van der Waals surface area (Å²) in [5.41, 5.74) is 0.182. The first-order valence-corrected chi connectivity index (χ1v) is 8.14. The van der Waals surface area contributed by atoms with E-state index < -0.39 is 11.7 Å². The van der Waals surface area contributed by atoms with E-state index in [4.69, 9.17) is 4.74 Å². The van der Waals surface area contributed by atoms with Gasteiger partial charge in [-0.25, -0.2) is 9.18 Å². The zero-order valence-electron chi connectivity index (χ0n) is 14.8. The zero-order chi connectivity index (χ0) is 18.2. The molecule has 0 aliphatic heterocycles. The fourth-order valence-electron chi connectivity index (χ4n) is 2.07. The maximum Gasteiger partial charge on any atom is 0.408 e. The number of ketones is 1. The van der Waals surface area contributed by atoms with E-state index in [0.717, 1.165) is 12.0 Å². The summed E-state index contributed by atoms with van der Waals surface area (Å²) in [5, 5.41) is 2.75. The summed E-state index contributed by atoms with van der Waals surface area (Å²) in [4.78, 5) is 23.8. The topological polar surface area (TPSA) is 55.4 Å². The summed E-state index contributed by atoms with van der Waals surface area (Å²) >= 11 is 0. The smallest absolute Gasteiger partial charge is 0.408 e.